The van der Waals surface area contributed by atoms with Crippen LogP contribution in [-0.2, 0) is 0 Å². The number of pyridine rings is 1. The van der Waals surface area contributed by atoms with Crippen molar-refractivity contribution in [1.82, 2.24) is 4.98 Å². The van der Waals surface area contributed by atoms with E-state index in [4.69, 9.17) is 22.1 Å². The third kappa shape index (κ3) is 3.23. The summed E-state index contributed by atoms with van der Waals surface area (Å²) in [5.41, 5.74) is 6.20. The molecule has 0 fully saturated rings. The third-order valence-electron chi connectivity index (χ3n) is 2.57. The van der Waals surface area contributed by atoms with Crippen molar-refractivity contribution in [1.29, 1.82) is 0 Å². The topological polar surface area (TPSA) is 91.3 Å². The van der Waals surface area contributed by atoms with Crippen LogP contribution in [-0.4, -0.2) is 9.91 Å². The van der Waals surface area contributed by atoms with Crippen molar-refractivity contribution in [3.8, 4) is 11.5 Å². The van der Waals surface area contributed by atoms with Gasteiger partial charge in [-0.2, -0.15) is 0 Å². The van der Waals surface area contributed by atoms with Crippen LogP contribution in [0.2, 0.25) is 5.02 Å². The molecule has 20 heavy (non-hydrogen) atoms. The summed E-state index contributed by atoms with van der Waals surface area (Å²) >= 11 is 5.73. The summed E-state index contributed by atoms with van der Waals surface area (Å²) in [7, 11) is 0. The second-order valence-electron chi connectivity index (χ2n) is 4.18. The van der Waals surface area contributed by atoms with Gasteiger partial charge in [-0.1, -0.05) is 11.6 Å². The van der Waals surface area contributed by atoms with E-state index in [1.54, 1.807) is 12.1 Å². The molecule has 2 aromatic rings. The first-order valence-electron chi connectivity index (χ1n) is 5.80. The minimum atomic E-state index is -0.551. The van der Waals surface area contributed by atoms with E-state index in [1.165, 1.54) is 24.4 Å². The summed E-state index contributed by atoms with van der Waals surface area (Å²) in [5.74, 6) is 0.495. The van der Waals surface area contributed by atoms with Crippen molar-refractivity contribution >= 4 is 17.3 Å². The summed E-state index contributed by atoms with van der Waals surface area (Å²) in [6.45, 7) is 1.81. The van der Waals surface area contributed by atoms with Crippen LogP contribution in [0.5, 0.6) is 11.5 Å². The highest BCUT2D eigenvalue weighted by Gasteiger charge is 2.16. The van der Waals surface area contributed by atoms with Gasteiger partial charge in [-0.05, 0) is 31.2 Å². The quantitative estimate of drug-likeness (QED) is 0.688. The highest BCUT2D eigenvalue weighted by atomic mass is 35.5. The molecule has 104 valence electrons. The van der Waals surface area contributed by atoms with Crippen molar-refractivity contribution in [2.75, 3.05) is 0 Å². The van der Waals surface area contributed by atoms with E-state index in [9.17, 15) is 10.1 Å². The van der Waals surface area contributed by atoms with Gasteiger partial charge in [0.25, 0.3) is 0 Å². The lowest BCUT2D eigenvalue weighted by Crippen LogP contribution is -2.06. The maximum absolute atomic E-state index is 10.9. The lowest BCUT2D eigenvalue weighted by molar-refractivity contribution is -0.385. The van der Waals surface area contributed by atoms with Gasteiger partial charge in [0.1, 0.15) is 5.75 Å². The second kappa shape index (κ2) is 5.85. The van der Waals surface area contributed by atoms with Crippen molar-refractivity contribution < 1.29 is 9.66 Å². The first-order chi connectivity index (χ1) is 9.47. The van der Waals surface area contributed by atoms with Gasteiger partial charge < -0.3 is 10.5 Å². The molecule has 2 rings (SSSR count). The van der Waals surface area contributed by atoms with E-state index >= 15 is 0 Å². The zero-order valence-corrected chi connectivity index (χ0v) is 11.4. The molecule has 0 saturated heterocycles. The molecule has 1 aromatic heterocycles. The Kier molecular flexibility index (Phi) is 4.16. The van der Waals surface area contributed by atoms with Gasteiger partial charge in [-0.3, -0.25) is 15.1 Å². The second-order valence-corrected chi connectivity index (χ2v) is 4.62. The molecule has 0 radical (unpaired) electrons. The Morgan fingerprint density at radius 1 is 1.40 bits per heavy atom. The Morgan fingerprint density at radius 3 is 2.70 bits per heavy atom. The van der Waals surface area contributed by atoms with Crippen molar-refractivity contribution in [2.45, 2.75) is 13.0 Å². The first kappa shape index (κ1) is 14.2. The van der Waals surface area contributed by atoms with Crippen molar-refractivity contribution in [3.05, 3.63) is 57.4 Å². The van der Waals surface area contributed by atoms with Gasteiger partial charge in [0.15, 0.2) is 0 Å². The fourth-order valence-electron chi connectivity index (χ4n) is 1.57. The van der Waals surface area contributed by atoms with Gasteiger partial charge in [0.2, 0.25) is 5.75 Å². The molecule has 0 aliphatic rings. The minimum absolute atomic E-state index is 0.106. The highest BCUT2D eigenvalue weighted by Crippen LogP contribution is 2.33. The summed E-state index contributed by atoms with van der Waals surface area (Å²) in [6.07, 6.45) is 1.47. The Morgan fingerprint density at radius 2 is 2.15 bits per heavy atom. The molecule has 0 aliphatic carbocycles. The SMILES string of the molecule is CC(N)c1ccc(Oc2ccc(Cl)cc2[N+](=O)[O-])cn1. The van der Waals surface area contributed by atoms with Crippen LogP contribution in [0, 0.1) is 10.1 Å². The van der Waals surface area contributed by atoms with E-state index < -0.39 is 4.92 Å². The van der Waals surface area contributed by atoms with Gasteiger partial charge in [-0.25, -0.2) is 0 Å². The number of rotatable bonds is 4. The largest absolute Gasteiger partial charge is 0.449 e. The van der Waals surface area contributed by atoms with E-state index in [2.05, 4.69) is 4.98 Å². The molecule has 6 nitrogen and oxygen atoms in total. The monoisotopic (exact) mass is 293 g/mol. The lowest BCUT2D eigenvalue weighted by Gasteiger charge is -2.08. The number of aromatic nitrogens is 1. The van der Waals surface area contributed by atoms with Crippen LogP contribution in [0.4, 0.5) is 5.69 Å². The Balaban J connectivity index is 2.28. The number of nitro groups is 1. The summed E-state index contributed by atoms with van der Waals surface area (Å²) < 4.78 is 5.46. The molecule has 1 atom stereocenters. The van der Waals surface area contributed by atoms with Gasteiger partial charge in [-0.15, -0.1) is 0 Å². The zero-order valence-electron chi connectivity index (χ0n) is 10.6. The zero-order chi connectivity index (χ0) is 14.7. The number of nitrogens with zero attached hydrogens (tertiary/aromatic N) is 2. The maximum atomic E-state index is 10.9. The molecule has 7 heteroatoms. The molecule has 0 saturated carbocycles. The number of ether oxygens (including phenoxy) is 1. The molecule has 0 spiro atoms. The van der Waals surface area contributed by atoms with E-state index in [0.717, 1.165) is 0 Å². The standard InChI is InChI=1S/C13H12ClN3O3/c1-8(15)11-4-3-10(7-16-11)20-13-5-2-9(14)6-12(13)17(18)19/h2-8H,15H2,1H3. The number of hydrogen-bond donors (Lipinski definition) is 1. The number of halogens is 1. The van der Waals surface area contributed by atoms with Crippen LogP contribution < -0.4 is 10.5 Å². The van der Waals surface area contributed by atoms with Crippen molar-refractivity contribution in [2.24, 2.45) is 5.73 Å². The Labute approximate surface area is 120 Å². The Hall–Kier alpha value is -2.18. The number of hydrogen-bond acceptors (Lipinski definition) is 5. The average molecular weight is 294 g/mol. The molecular formula is C13H12ClN3O3. The normalized spacial score (nSPS) is 11.9. The fourth-order valence-corrected chi connectivity index (χ4v) is 1.73. The molecule has 1 unspecified atom stereocenters. The lowest BCUT2D eigenvalue weighted by atomic mass is 10.2. The molecule has 1 heterocycles. The molecule has 0 aliphatic heterocycles. The summed E-state index contributed by atoms with van der Waals surface area (Å²) in [5, 5.41) is 11.2. The molecule has 0 amide bonds. The highest BCUT2D eigenvalue weighted by molar-refractivity contribution is 6.30. The minimum Gasteiger partial charge on any atom is -0.449 e. The third-order valence-corrected chi connectivity index (χ3v) is 2.81. The van der Waals surface area contributed by atoms with E-state index in [0.29, 0.717) is 11.4 Å². The average Bonchev–Trinajstić information content (AvgIpc) is 2.41. The number of nitro benzene ring substituents is 1. The van der Waals surface area contributed by atoms with E-state index in [-0.39, 0.29) is 22.5 Å². The van der Waals surface area contributed by atoms with Crippen molar-refractivity contribution in [3.63, 3.8) is 0 Å². The van der Waals surface area contributed by atoms with Gasteiger partial charge in [0, 0.05) is 17.1 Å². The number of nitrogens with two attached hydrogens (primary N) is 1. The van der Waals surface area contributed by atoms with Crippen LogP contribution in [0.1, 0.15) is 18.7 Å². The van der Waals surface area contributed by atoms with Crippen LogP contribution in [0.25, 0.3) is 0 Å². The smallest absolute Gasteiger partial charge is 0.313 e. The summed E-state index contributed by atoms with van der Waals surface area (Å²) in [4.78, 5) is 14.5. The van der Waals surface area contributed by atoms with E-state index in [1.807, 2.05) is 6.92 Å². The maximum Gasteiger partial charge on any atom is 0.313 e. The van der Waals surface area contributed by atoms with Crippen LogP contribution in [0.15, 0.2) is 36.5 Å². The van der Waals surface area contributed by atoms with Crippen LogP contribution in [0.3, 0.4) is 0 Å². The summed E-state index contributed by atoms with van der Waals surface area (Å²) in [6, 6.07) is 7.38. The molecular weight excluding hydrogens is 282 g/mol. The van der Waals surface area contributed by atoms with Crippen LogP contribution >= 0.6 is 11.6 Å². The predicted molar refractivity (Wildman–Crippen MR) is 75.0 cm³/mol. The fraction of sp³-hybridized carbons (Fsp3) is 0.154. The first-order valence-corrected chi connectivity index (χ1v) is 6.18. The number of benzene rings is 1. The molecule has 0 bridgehead atoms. The molecule has 1 aromatic carbocycles. The van der Waals surface area contributed by atoms with Gasteiger partial charge >= 0.3 is 5.69 Å². The van der Waals surface area contributed by atoms with Gasteiger partial charge in [0.05, 0.1) is 16.8 Å². The molecule has 2 N–H and O–H groups in total. The Bertz CT molecular complexity index is 629. The predicted octanol–water partition coefficient (Wildman–Crippen LogP) is 3.46.